The number of hydrogen-bond acceptors (Lipinski definition) is 8. The predicted molar refractivity (Wildman–Crippen MR) is 125 cm³/mol. The minimum Gasteiger partial charge on any atom is -0.378 e. The van der Waals surface area contributed by atoms with Crippen LogP contribution < -0.4 is 10.3 Å². The molecule has 1 saturated heterocycles. The van der Waals surface area contributed by atoms with Gasteiger partial charge in [0.25, 0.3) is 0 Å². The molecule has 170 valence electrons. The molecule has 5 aromatic rings. The van der Waals surface area contributed by atoms with Crippen molar-refractivity contribution in [2.45, 2.75) is 6.54 Å². The molecule has 11 nitrogen and oxygen atoms in total. The summed E-state index contributed by atoms with van der Waals surface area (Å²) in [6.45, 7) is 3.29. The number of H-pyrrole nitrogens is 2. The molecule has 0 spiro atoms. The van der Waals surface area contributed by atoms with Gasteiger partial charge in [-0.25, -0.2) is 9.78 Å². The van der Waals surface area contributed by atoms with Crippen LogP contribution in [-0.4, -0.2) is 66.9 Å². The number of anilines is 1. The number of hydrogen-bond donors (Lipinski definition) is 2. The largest absolute Gasteiger partial charge is 0.378 e. The van der Waals surface area contributed by atoms with Crippen LogP contribution in [0.25, 0.3) is 33.5 Å². The number of fused-ring (bicyclic) bond motifs is 1. The van der Waals surface area contributed by atoms with Crippen molar-refractivity contribution in [2.75, 3.05) is 31.2 Å². The second kappa shape index (κ2) is 8.52. The Hall–Kier alpha value is -4.38. The predicted octanol–water partition coefficient (Wildman–Crippen LogP) is 1.85. The average molecular weight is 455 g/mol. The normalized spacial score (nSPS) is 14.1. The fourth-order valence-corrected chi connectivity index (χ4v) is 4.23. The van der Waals surface area contributed by atoms with Crippen molar-refractivity contribution in [2.24, 2.45) is 0 Å². The van der Waals surface area contributed by atoms with Crippen LogP contribution in [0.5, 0.6) is 0 Å². The molecule has 3 aromatic heterocycles. The summed E-state index contributed by atoms with van der Waals surface area (Å²) in [7, 11) is 0. The summed E-state index contributed by atoms with van der Waals surface area (Å²) in [4.78, 5) is 18.5. The van der Waals surface area contributed by atoms with Crippen LogP contribution in [0.4, 0.5) is 5.82 Å². The highest BCUT2D eigenvalue weighted by Gasteiger charge is 2.16. The second-order valence-corrected chi connectivity index (χ2v) is 8.10. The first-order valence-corrected chi connectivity index (χ1v) is 11.0. The fourth-order valence-electron chi connectivity index (χ4n) is 4.23. The number of para-hydroxylation sites is 1. The van der Waals surface area contributed by atoms with Crippen LogP contribution in [0.1, 0.15) is 5.56 Å². The molecule has 2 N–H and O–H groups in total. The smallest absolute Gasteiger partial charge is 0.191 e. The van der Waals surface area contributed by atoms with Gasteiger partial charge in [-0.2, -0.15) is 0 Å². The van der Waals surface area contributed by atoms with Crippen molar-refractivity contribution in [1.29, 1.82) is 0 Å². The Kier molecular flexibility index (Phi) is 5.07. The Labute approximate surface area is 193 Å². The van der Waals surface area contributed by atoms with Crippen molar-refractivity contribution in [3.8, 4) is 22.6 Å². The Bertz CT molecular complexity index is 1500. The van der Waals surface area contributed by atoms with E-state index in [1.165, 1.54) is 0 Å². The summed E-state index contributed by atoms with van der Waals surface area (Å²) in [5, 5.41) is 23.3. The zero-order valence-corrected chi connectivity index (χ0v) is 18.2. The Morgan fingerprint density at radius 3 is 2.76 bits per heavy atom. The number of rotatable bonds is 5. The van der Waals surface area contributed by atoms with E-state index in [0.29, 0.717) is 36.7 Å². The van der Waals surface area contributed by atoms with Gasteiger partial charge in [0.15, 0.2) is 11.3 Å². The van der Waals surface area contributed by atoms with E-state index in [-0.39, 0.29) is 5.43 Å². The lowest BCUT2D eigenvalue weighted by molar-refractivity contribution is 0.122. The summed E-state index contributed by atoms with van der Waals surface area (Å²) in [6, 6.07) is 15.2. The van der Waals surface area contributed by atoms with Crippen LogP contribution in [0.3, 0.4) is 0 Å². The standard InChI is InChI=1S/C23H21N9O2/c33-20-12-21(31-7-9-34-10-8-31)24-22-17(5-2-6-18(20)22)19-14-32(30-25-19)13-15-3-1-4-16(11-15)23-26-28-29-27-23/h1-6,11-12,14H,7-10,13H2,(H,24,33)(H,26,27,28,29). The summed E-state index contributed by atoms with van der Waals surface area (Å²) in [5.74, 6) is 1.40. The van der Waals surface area contributed by atoms with Gasteiger partial charge >= 0.3 is 0 Å². The van der Waals surface area contributed by atoms with Crippen molar-refractivity contribution in [1.82, 2.24) is 40.6 Å². The van der Waals surface area contributed by atoms with Crippen molar-refractivity contribution in [3.63, 3.8) is 0 Å². The minimum atomic E-state index is -0.0248. The maximum Gasteiger partial charge on any atom is 0.191 e. The third-order valence-electron chi connectivity index (χ3n) is 5.91. The fraction of sp³-hybridized carbons (Fsp3) is 0.217. The monoisotopic (exact) mass is 455 g/mol. The highest BCUT2D eigenvalue weighted by atomic mass is 16.5. The van der Waals surface area contributed by atoms with Gasteiger partial charge < -0.3 is 14.6 Å². The van der Waals surface area contributed by atoms with Gasteiger partial charge in [0, 0.05) is 35.7 Å². The number of benzene rings is 2. The zero-order chi connectivity index (χ0) is 22.9. The Morgan fingerprint density at radius 1 is 1.03 bits per heavy atom. The van der Waals surface area contributed by atoms with E-state index in [9.17, 15) is 4.79 Å². The van der Waals surface area contributed by atoms with Gasteiger partial charge in [0.2, 0.25) is 0 Å². The highest BCUT2D eigenvalue weighted by Crippen LogP contribution is 2.26. The summed E-state index contributed by atoms with van der Waals surface area (Å²) < 4.78 is 7.22. The maximum absolute atomic E-state index is 12.9. The molecule has 1 aliphatic heterocycles. The van der Waals surface area contributed by atoms with Gasteiger partial charge in [-0.05, 0) is 28.1 Å². The molecule has 6 rings (SSSR count). The molecule has 1 fully saturated rings. The first-order chi connectivity index (χ1) is 16.7. The van der Waals surface area contributed by atoms with Gasteiger partial charge in [0.05, 0.1) is 31.5 Å². The van der Waals surface area contributed by atoms with Crippen LogP contribution >= 0.6 is 0 Å². The summed E-state index contributed by atoms with van der Waals surface area (Å²) in [6.07, 6.45) is 1.89. The minimum absolute atomic E-state index is 0.0248. The maximum atomic E-state index is 12.9. The van der Waals surface area contributed by atoms with E-state index in [1.54, 1.807) is 10.7 Å². The van der Waals surface area contributed by atoms with E-state index >= 15 is 0 Å². The molecule has 0 atom stereocenters. The third-order valence-corrected chi connectivity index (χ3v) is 5.91. The highest BCUT2D eigenvalue weighted by molar-refractivity contribution is 5.93. The second-order valence-electron chi connectivity index (χ2n) is 8.10. The molecule has 0 aliphatic carbocycles. The average Bonchev–Trinajstić information content (AvgIpc) is 3.57. The molecule has 0 radical (unpaired) electrons. The van der Waals surface area contributed by atoms with Crippen molar-refractivity contribution < 1.29 is 4.74 Å². The number of aromatic amines is 2. The molecule has 0 bridgehead atoms. The molecule has 0 saturated carbocycles. The number of pyridine rings is 1. The Balaban J connectivity index is 1.33. The zero-order valence-electron chi connectivity index (χ0n) is 18.2. The lowest BCUT2D eigenvalue weighted by Crippen LogP contribution is -2.37. The Morgan fingerprint density at radius 2 is 1.91 bits per heavy atom. The molecule has 1 aliphatic rings. The molecule has 0 amide bonds. The summed E-state index contributed by atoms with van der Waals surface area (Å²) in [5.41, 5.74) is 4.18. The van der Waals surface area contributed by atoms with E-state index in [4.69, 9.17) is 4.74 Å². The van der Waals surface area contributed by atoms with Crippen LogP contribution in [0.2, 0.25) is 0 Å². The molecular formula is C23H21N9O2. The molecule has 0 unspecified atom stereocenters. The molecule has 4 heterocycles. The third kappa shape index (κ3) is 3.82. The van der Waals surface area contributed by atoms with Gasteiger partial charge in [-0.15, -0.1) is 10.2 Å². The van der Waals surface area contributed by atoms with E-state index in [2.05, 4.69) is 40.8 Å². The first kappa shape index (κ1) is 20.2. The van der Waals surface area contributed by atoms with Crippen molar-refractivity contribution in [3.05, 3.63) is 70.5 Å². The van der Waals surface area contributed by atoms with Gasteiger partial charge in [0.1, 0.15) is 11.5 Å². The van der Waals surface area contributed by atoms with Crippen LogP contribution in [-0.2, 0) is 11.3 Å². The van der Waals surface area contributed by atoms with Gasteiger partial charge in [-0.3, -0.25) is 4.79 Å². The molecule has 34 heavy (non-hydrogen) atoms. The number of aromatic nitrogens is 8. The quantitative estimate of drug-likeness (QED) is 0.411. The van der Waals surface area contributed by atoms with E-state index in [0.717, 1.165) is 41.1 Å². The number of nitrogens with zero attached hydrogens (tertiary/aromatic N) is 7. The first-order valence-electron chi connectivity index (χ1n) is 11.0. The topological polar surface area (TPSA) is 130 Å². The SMILES string of the molecule is O=c1cc(N2CCOCC2)[nH]c2c(-c3cn(Cc4cccc(-c5nnn[nH]5)c4)nn3)cccc12. The summed E-state index contributed by atoms with van der Waals surface area (Å²) >= 11 is 0. The molecular weight excluding hydrogens is 434 g/mol. The van der Waals surface area contributed by atoms with E-state index < -0.39 is 0 Å². The number of tetrazole rings is 1. The van der Waals surface area contributed by atoms with Crippen molar-refractivity contribution >= 4 is 16.7 Å². The van der Waals surface area contributed by atoms with Gasteiger partial charge in [-0.1, -0.05) is 35.5 Å². The lowest BCUT2D eigenvalue weighted by atomic mass is 10.1. The van der Waals surface area contributed by atoms with Crippen LogP contribution in [0.15, 0.2) is 59.5 Å². The van der Waals surface area contributed by atoms with E-state index in [1.807, 2.05) is 48.7 Å². The number of nitrogens with one attached hydrogen (secondary N) is 2. The molecule has 11 heteroatoms. The molecule has 2 aromatic carbocycles. The number of ether oxygens (including phenoxy) is 1. The van der Waals surface area contributed by atoms with Crippen LogP contribution in [0, 0.1) is 0 Å². The number of morpholine rings is 1. The lowest BCUT2D eigenvalue weighted by Gasteiger charge is -2.28.